The number of hydrogen-bond donors (Lipinski definition) is 3. The zero-order chi connectivity index (χ0) is 17.2. The van der Waals surface area contributed by atoms with Crippen LogP contribution in [0.4, 0.5) is 14.5 Å². The van der Waals surface area contributed by atoms with E-state index in [-0.39, 0.29) is 16.5 Å². The van der Waals surface area contributed by atoms with Crippen LogP contribution < -0.4 is 5.32 Å². The summed E-state index contributed by atoms with van der Waals surface area (Å²) < 4.78 is 41.8. The maximum absolute atomic E-state index is 13.4. The molecule has 124 valence electrons. The average molecular weight is 368 g/mol. The van der Waals surface area contributed by atoms with Crippen LogP contribution in [0, 0.1) is 11.6 Å². The number of amides is 1. The number of carbonyl (C=O) groups excluding carboxylic acids is 1. The zero-order valence-corrected chi connectivity index (χ0v) is 12.8. The Morgan fingerprint density at radius 2 is 2.09 bits per heavy atom. The van der Waals surface area contributed by atoms with Crippen LogP contribution in [-0.4, -0.2) is 25.5 Å². The Kier molecular flexibility index (Phi) is 5.12. The molecule has 0 saturated carbocycles. The fraction of sp³-hybridized carbons (Fsp3) is 0.0909. The van der Waals surface area contributed by atoms with Crippen LogP contribution in [0.5, 0.6) is 0 Å². The predicted octanol–water partition coefficient (Wildman–Crippen LogP) is 2.13. The van der Waals surface area contributed by atoms with Crippen LogP contribution in [0.3, 0.4) is 0 Å². The minimum absolute atomic E-state index is 0.136. The topological polar surface area (TPSA) is 114 Å². The third-order valence-electron chi connectivity index (χ3n) is 2.49. The first-order valence-corrected chi connectivity index (χ1v) is 7.76. The third kappa shape index (κ3) is 4.81. The molecule has 3 N–H and O–H groups in total. The molecule has 1 heterocycles. The maximum atomic E-state index is 13.4. The van der Waals surface area contributed by atoms with Crippen molar-refractivity contribution in [3.8, 4) is 0 Å². The fourth-order valence-electron chi connectivity index (χ4n) is 1.50. The van der Waals surface area contributed by atoms with Gasteiger partial charge in [-0.05, 0) is 12.1 Å². The fourth-order valence-corrected chi connectivity index (χ4v) is 1.95. The Balaban J connectivity index is 2.12. The van der Waals surface area contributed by atoms with Crippen molar-refractivity contribution in [2.75, 3.05) is 5.32 Å². The van der Waals surface area contributed by atoms with E-state index in [1.807, 2.05) is 0 Å². The molecule has 2 aromatic rings. The largest absolute Gasteiger partial charge is 0.471 e. The van der Waals surface area contributed by atoms with Gasteiger partial charge < -0.3 is 15.1 Å². The van der Waals surface area contributed by atoms with Gasteiger partial charge in [-0.3, -0.25) is 9.32 Å². The average Bonchev–Trinajstić information content (AvgIpc) is 2.80. The minimum Gasteiger partial charge on any atom is -0.318 e. The lowest BCUT2D eigenvalue weighted by molar-refractivity contribution is 0.101. The second-order valence-electron chi connectivity index (χ2n) is 4.18. The van der Waals surface area contributed by atoms with Gasteiger partial charge >= 0.3 is 7.82 Å². The molecule has 1 aromatic heterocycles. The number of nitrogens with one attached hydrogen (secondary N) is 1. The van der Waals surface area contributed by atoms with Gasteiger partial charge in [0.25, 0.3) is 5.91 Å². The lowest BCUT2D eigenvalue weighted by atomic mass is 10.3. The Morgan fingerprint density at radius 3 is 2.70 bits per heavy atom. The van der Waals surface area contributed by atoms with Crippen molar-refractivity contribution < 1.29 is 32.5 Å². The predicted molar refractivity (Wildman–Crippen MR) is 74.7 cm³/mol. The van der Waals surface area contributed by atoms with E-state index in [1.54, 1.807) is 0 Å². The number of phosphoric acid groups is 1. The minimum atomic E-state index is -4.74. The summed E-state index contributed by atoms with van der Waals surface area (Å²) in [5.41, 5.74) is -0.526. The molecule has 0 spiro atoms. The number of aromatic nitrogens is 2. The molecule has 12 heteroatoms. The molecular formula is C11H9ClF2N3O5P. The van der Waals surface area contributed by atoms with Crippen molar-refractivity contribution in [2.24, 2.45) is 0 Å². The molecule has 2 rings (SSSR count). The quantitative estimate of drug-likeness (QED) is 0.698. The number of benzene rings is 1. The van der Waals surface area contributed by atoms with E-state index in [2.05, 4.69) is 14.9 Å². The SMILES string of the molecule is O=C(Nc1ccc(F)cc1F)c1cc(Cl)n(COP(=O)(O)O)n1. The van der Waals surface area contributed by atoms with E-state index in [0.717, 1.165) is 22.9 Å². The number of anilines is 1. The van der Waals surface area contributed by atoms with Crippen LogP contribution in [0.15, 0.2) is 24.3 Å². The van der Waals surface area contributed by atoms with Crippen LogP contribution in [0.1, 0.15) is 10.5 Å². The molecule has 0 aliphatic rings. The van der Waals surface area contributed by atoms with Gasteiger partial charge in [-0.1, -0.05) is 11.6 Å². The van der Waals surface area contributed by atoms with Crippen molar-refractivity contribution in [1.29, 1.82) is 0 Å². The van der Waals surface area contributed by atoms with Gasteiger partial charge in [-0.25, -0.2) is 18.0 Å². The zero-order valence-electron chi connectivity index (χ0n) is 11.1. The van der Waals surface area contributed by atoms with E-state index >= 15 is 0 Å². The Labute approximate surface area is 132 Å². The number of nitrogens with zero attached hydrogens (tertiary/aromatic N) is 2. The molecule has 0 atom stereocenters. The van der Waals surface area contributed by atoms with Gasteiger partial charge in [-0.15, -0.1) is 0 Å². The summed E-state index contributed by atoms with van der Waals surface area (Å²) in [4.78, 5) is 29.1. The molecule has 8 nitrogen and oxygen atoms in total. The first kappa shape index (κ1) is 17.5. The first-order valence-electron chi connectivity index (χ1n) is 5.85. The highest BCUT2D eigenvalue weighted by atomic mass is 35.5. The second kappa shape index (κ2) is 6.73. The molecule has 0 bridgehead atoms. The Bertz CT molecular complexity index is 794. The first-order chi connectivity index (χ1) is 10.7. The van der Waals surface area contributed by atoms with Gasteiger partial charge in [0.15, 0.2) is 12.4 Å². The molecule has 0 fully saturated rings. The summed E-state index contributed by atoms with van der Waals surface area (Å²) in [5, 5.41) is 5.69. The van der Waals surface area contributed by atoms with Crippen molar-refractivity contribution >= 4 is 31.0 Å². The summed E-state index contributed by atoms with van der Waals surface area (Å²) in [7, 11) is -4.74. The smallest absolute Gasteiger partial charge is 0.318 e. The summed E-state index contributed by atoms with van der Waals surface area (Å²) in [6, 6.07) is 3.66. The van der Waals surface area contributed by atoms with Crippen molar-refractivity contribution in [1.82, 2.24) is 9.78 Å². The number of phosphoric ester groups is 1. The molecule has 0 aliphatic carbocycles. The summed E-state index contributed by atoms with van der Waals surface area (Å²) >= 11 is 5.74. The molecule has 1 amide bonds. The number of carbonyl (C=O) groups is 1. The molecule has 0 aliphatic heterocycles. The van der Waals surface area contributed by atoms with E-state index < -0.39 is 32.1 Å². The summed E-state index contributed by atoms with van der Waals surface area (Å²) in [5.74, 6) is -2.64. The van der Waals surface area contributed by atoms with Gasteiger partial charge in [0, 0.05) is 12.1 Å². The van der Waals surface area contributed by atoms with Gasteiger partial charge in [0.05, 0.1) is 5.69 Å². The van der Waals surface area contributed by atoms with Crippen molar-refractivity contribution in [3.05, 3.63) is 46.7 Å². The molecule has 0 saturated heterocycles. The lowest BCUT2D eigenvalue weighted by Crippen LogP contribution is -2.14. The van der Waals surface area contributed by atoms with E-state index in [4.69, 9.17) is 21.4 Å². The monoisotopic (exact) mass is 367 g/mol. The molecule has 1 aromatic carbocycles. The normalized spacial score (nSPS) is 11.5. The highest BCUT2D eigenvalue weighted by Gasteiger charge is 2.18. The molecule has 23 heavy (non-hydrogen) atoms. The molecular weight excluding hydrogens is 359 g/mol. The lowest BCUT2D eigenvalue weighted by Gasteiger charge is -2.06. The van der Waals surface area contributed by atoms with Crippen molar-refractivity contribution in [2.45, 2.75) is 6.73 Å². The van der Waals surface area contributed by atoms with Crippen molar-refractivity contribution in [3.63, 3.8) is 0 Å². The number of halogens is 3. The maximum Gasteiger partial charge on any atom is 0.471 e. The van der Waals surface area contributed by atoms with E-state index in [0.29, 0.717) is 6.07 Å². The highest BCUT2D eigenvalue weighted by molar-refractivity contribution is 7.46. The summed E-state index contributed by atoms with van der Waals surface area (Å²) in [6.45, 7) is -0.693. The number of rotatable bonds is 5. The van der Waals surface area contributed by atoms with Gasteiger partial charge in [0.2, 0.25) is 0 Å². The van der Waals surface area contributed by atoms with Crippen LogP contribution in [0.25, 0.3) is 0 Å². The van der Waals surface area contributed by atoms with Gasteiger partial charge in [-0.2, -0.15) is 5.10 Å². The Hall–Kier alpha value is -1.84. The second-order valence-corrected chi connectivity index (χ2v) is 5.81. The summed E-state index contributed by atoms with van der Waals surface area (Å²) in [6.07, 6.45) is 0. The number of hydrogen-bond acceptors (Lipinski definition) is 4. The molecule has 0 unspecified atom stereocenters. The van der Waals surface area contributed by atoms with Crippen LogP contribution >= 0.6 is 19.4 Å². The van der Waals surface area contributed by atoms with Crippen LogP contribution in [0.2, 0.25) is 5.15 Å². The third-order valence-corrected chi connectivity index (χ3v) is 3.25. The highest BCUT2D eigenvalue weighted by Crippen LogP contribution is 2.36. The standard InChI is InChI=1S/C11H9ClF2N3O5P/c12-10-4-9(16-17(10)5-22-23(19,20)21)11(18)15-8-2-1-6(13)3-7(8)14/h1-4H,5H2,(H,15,18)(H2,19,20,21). The van der Waals surface area contributed by atoms with Crippen LogP contribution in [-0.2, 0) is 15.8 Å². The Morgan fingerprint density at radius 1 is 1.39 bits per heavy atom. The van der Waals surface area contributed by atoms with E-state index in [9.17, 15) is 18.1 Å². The van der Waals surface area contributed by atoms with E-state index in [1.165, 1.54) is 0 Å². The van der Waals surface area contributed by atoms with Gasteiger partial charge in [0.1, 0.15) is 16.8 Å². The molecule has 0 radical (unpaired) electrons.